The SMILES string of the molecule is CCc1ccc(OCC(CC)c2ccccc2)cc1. The van der Waals surface area contributed by atoms with E-state index in [0.29, 0.717) is 5.92 Å². The van der Waals surface area contributed by atoms with Crippen molar-refractivity contribution in [1.29, 1.82) is 0 Å². The van der Waals surface area contributed by atoms with Crippen molar-refractivity contribution in [3.8, 4) is 5.75 Å². The Morgan fingerprint density at radius 3 is 2.16 bits per heavy atom. The molecule has 0 aliphatic heterocycles. The molecule has 0 spiro atoms. The van der Waals surface area contributed by atoms with Crippen molar-refractivity contribution in [2.75, 3.05) is 6.61 Å². The van der Waals surface area contributed by atoms with Crippen molar-refractivity contribution in [2.24, 2.45) is 0 Å². The van der Waals surface area contributed by atoms with E-state index < -0.39 is 0 Å². The zero-order chi connectivity index (χ0) is 13.5. The van der Waals surface area contributed by atoms with Crippen LogP contribution in [0.5, 0.6) is 5.75 Å². The Balaban J connectivity index is 1.96. The first-order valence-corrected chi connectivity index (χ1v) is 7.10. The van der Waals surface area contributed by atoms with Crippen molar-refractivity contribution in [3.05, 3.63) is 65.7 Å². The Morgan fingerprint density at radius 2 is 1.58 bits per heavy atom. The van der Waals surface area contributed by atoms with Crippen LogP contribution in [0.25, 0.3) is 0 Å². The Hall–Kier alpha value is -1.76. The summed E-state index contributed by atoms with van der Waals surface area (Å²) in [4.78, 5) is 0. The summed E-state index contributed by atoms with van der Waals surface area (Å²) in [5.74, 6) is 1.43. The van der Waals surface area contributed by atoms with Gasteiger partial charge in [0.25, 0.3) is 0 Å². The van der Waals surface area contributed by atoms with Crippen LogP contribution in [0, 0.1) is 0 Å². The van der Waals surface area contributed by atoms with Crippen LogP contribution in [0.2, 0.25) is 0 Å². The fraction of sp³-hybridized carbons (Fsp3) is 0.333. The molecule has 0 saturated carbocycles. The minimum Gasteiger partial charge on any atom is -0.493 e. The smallest absolute Gasteiger partial charge is 0.119 e. The van der Waals surface area contributed by atoms with Gasteiger partial charge in [-0.3, -0.25) is 0 Å². The second-order valence-electron chi connectivity index (χ2n) is 4.82. The first-order valence-electron chi connectivity index (χ1n) is 7.10. The molecule has 1 nitrogen and oxygen atoms in total. The van der Waals surface area contributed by atoms with Crippen LogP contribution in [0.1, 0.15) is 37.3 Å². The normalized spacial score (nSPS) is 12.1. The van der Waals surface area contributed by atoms with Gasteiger partial charge in [-0.1, -0.05) is 56.3 Å². The van der Waals surface area contributed by atoms with Gasteiger partial charge in [0.2, 0.25) is 0 Å². The van der Waals surface area contributed by atoms with E-state index in [-0.39, 0.29) is 0 Å². The number of hydrogen-bond donors (Lipinski definition) is 0. The van der Waals surface area contributed by atoms with Gasteiger partial charge in [-0.15, -0.1) is 0 Å². The zero-order valence-electron chi connectivity index (χ0n) is 11.8. The van der Waals surface area contributed by atoms with Gasteiger partial charge in [-0.25, -0.2) is 0 Å². The highest BCUT2D eigenvalue weighted by atomic mass is 16.5. The van der Waals surface area contributed by atoms with Gasteiger partial charge in [-0.2, -0.15) is 0 Å². The summed E-state index contributed by atoms with van der Waals surface area (Å²) in [5.41, 5.74) is 2.71. The van der Waals surface area contributed by atoms with E-state index in [0.717, 1.165) is 25.2 Å². The molecule has 1 atom stereocenters. The van der Waals surface area contributed by atoms with Crippen molar-refractivity contribution in [2.45, 2.75) is 32.6 Å². The maximum absolute atomic E-state index is 5.91. The van der Waals surface area contributed by atoms with Crippen LogP contribution < -0.4 is 4.74 Å². The molecule has 0 radical (unpaired) electrons. The van der Waals surface area contributed by atoms with Crippen molar-refractivity contribution in [1.82, 2.24) is 0 Å². The Kier molecular flexibility index (Phi) is 5.02. The number of aryl methyl sites for hydroxylation is 1. The molecule has 2 aromatic rings. The molecule has 1 unspecified atom stereocenters. The van der Waals surface area contributed by atoms with Gasteiger partial charge in [0, 0.05) is 5.92 Å². The molecule has 2 rings (SSSR count). The van der Waals surface area contributed by atoms with Gasteiger partial charge in [0.15, 0.2) is 0 Å². The summed E-state index contributed by atoms with van der Waals surface area (Å²) in [7, 11) is 0. The van der Waals surface area contributed by atoms with Gasteiger partial charge in [0.05, 0.1) is 6.61 Å². The van der Waals surface area contributed by atoms with E-state index in [1.807, 2.05) is 0 Å². The maximum Gasteiger partial charge on any atom is 0.119 e. The summed E-state index contributed by atoms with van der Waals surface area (Å²) in [5, 5.41) is 0. The minimum absolute atomic E-state index is 0.465. The van der Waals surface area contributed by atoms with E-state index in [1.54, 1.807) is 0 Å². The van der Waals surface area contributed by atoms with Gasteiger partial charge in [0.1, 0.15) is 5.75 Å². The molecule has 2 aromatic carbocycles. The van der Waals surface area contributed by atoms with Crippen LogP contribution in [-0.2, 0) is 6.42 Å². The largest absolute Gasteiger partial charge is 0.493 e. The van der Waals surface area contributed by atoms with Crippen molar-refractivity contribution >= 4 is 0 Å². The number of hydrogen-bond acceptors (Lipinski definition) is 1. The molecule has 19 heavy (non-hydrogen) atoms. The molecule has 1 heteroatoms. The van der Waals surface area contributed by atoms with E-state index in [4.69, 9.17) is 4.74 Å². The van der Waals surface area contributed by atoms with E-state index in [2.05, 4.69) is 68.4 Å². The fourth-order valence-corrected chi connectivity index (χ4v) is 2.19. The molecule has 0 fully saturated rings. The van der Waals surface area contributed by atoms with E-state index in [9.17, 15) is 0 Å². The number of benzene rings is 2. The number of rotatable bonds is 6. The molecule has 0 saturated heterocycles. The predicted octanol–water partition coefficient (Wildman–Crippen LogP) is 4.82. The lowest BCUT2D eigenvalue weighted by Gasteiger charge is -2.16. The van der Waals surface area contributed by atoms with Crippen LogP contribution >= 0.6 is 0 Å². The van der Waals surface area contributed by atoms with E-state index in [1.165, 1.54) is 11.1 Å². The van der Waals surface area contributed by atoms with Crippen LogP contribution in [-0.4, -0.2) is 6.61 Å². The zero-order valence-corrected chi connectivity index (χ0v) is 11.8. The molecule has 0 aliphatic rings. The average molecular weight is 254 g/mol. The maximum atomic E-state index is 5.91. The highest BCUT2D eigenvalue weighted by Gasteiger charge is 2.09. The lowest BCUT2D eigenvalue weighted by atomic mass is 9.97. The molecular formula is C18H22O. The topological polar surface area (TPSA) is 9.23 Å². The Bertz CT molecular complexity index is 473. The first-order chi connectivity index (χ1) is 9.33. The average Bonchev–Trinajstić information content (AvgIpc) is 2.49. The Labute approximate surface area is 116 Å². The molecule has 0 amide bonds. The molecule has 0 bridgehead atoms. The lowest BCUT2D eigenvalue weighted by molar-refractivity contribution is 0.285. The third kappa shape index (κ3) is 3.85. The molecule has 100 valence electrons. The highest BCUT2D eigenvalue weighted by Crippen LogP contribution is 2.21. The second kappa shape index (κ2) is 6.98. The van der Waals surface area contributed by atoms with Crippen LogP contribution in [0.15, 0.2) is 54.6 Å². The standard InChI is InChI=1S/C18H22O/c1-3-15-10-12-18(13-11-15)19-14-16(4-2)17-8-6-5-7-9-17/h5-13,16H,3-4,14H2,1-2H3. The van der Waals surface area contributed by atoms with Gasteiger partial charge >= 0.3 is 0 Å². The summed E-state index contributed by atoms with van der Waals surface area (Å²) in [6.07, 6.45) is 2.17. The quantitative estimate of drug-likeness (QED) is 0.718. The molecule has 0 aromatic heterocycles. The molecule has 0 aliphatic carbocycles. The number of ether oxygens (including phenoxy) is 1. The summed E-state index contributed by atoms with van der Waals surface area (Å²) >= 11 is 0. The van der Waals surface area contributed by atoms with Crippen molar-refractivity contribution in [3.63, 3.8) is 0 Å². The van der Waals surface area contributed by atoms with E-state index >= 15 is 0 Å². The Morgan fingerprint density at radius 1 is 0.895 bits per heavy atom. The third-order valence-corrected chi connectivity index (χ3v) is 3.55. The van der Waals surface area contributed by atoms with Crippen molar-refractivity contribution < 1.29 is 4.74 Å². The summed E-state index contributed by atoms with van der Waals surface area (Å²) < 4.78 is 5.91. The highest BCUT2D eigenvalue weighted by molar-refractivity contribution is 5.27. The molecule has 0 N–H and O–H groups in total. The van der Waals surface area contributed by atoms with Crippen LogP contribution in [0.3, 0.4) is 0 Å². The third-order valence-electron chi connectivity index (χ3n) is 3.55. The summed E-state index contributed by atoms with van der Waals surface area (Å²) in [6.45, 7) is 5.12. The van der Waals surface area contributed by atoms with Gasteiger partial charge < -0.3 is 4.74 Å². The minimum atomic E-state index is 0.465. The second-order valence-corrected chi connectivity index (χ2v) is 4.82. The fourth-order valence-electron chi connectivity index (χ4n) is 2.19. The lowest BCUT2D eigenvalue weighted by Crippen LogP contribution is -2.09. The molecule has 0 heterocycles. The summed E-state index contributed by atoms with van der Waals surface area (Å²) in [6, 6.07) is 19.0. The van der Waals surface area contributed by atoms with Gasteiger partial charge in [-0.05, 0) is 36.1 Å². The van der Waals surface area contributed by atoms with Crippen LogP contribution in [0.4, 0.5) is 0 Å². The molecular weight excluding hydrogens is 232 g/mol. The monoisotopic (exact) mass is 254 g/mol. The predicted molar refractivity (Wildman–Crippen MR) is 80.8 cm³/mol. The first kappa shape index (κ1) is 13.7.